The number of aromatic nitrogens is 3. The van der Waals surface area contributed by atoms with E-state index in [-0.39, 0.29) is 5.91 Å². The van der Waals surface area contributed by atoms with Crippen LogP contribution in [0.4, 0.5) is 5.69 Å². The van der Waals surface area contributed by atoms with Gasteiger partial charge in [-0.1, -0.05) is 19.1 Å². The molecule has 3 heterocycles. The molecule has 1 amide bonds. The van der Waals surface area contributed by atoms with Gasteiger partial charge in [-0.25, -0.2) is 9.97 Å². The molecule has 0 aliphatic rings. The standard InChI is InChI=1S/C22H20N4O2S/c1-2-29-21-12-16(9-10-23-21)22(27)25-17-6-5-7-19(13-17)28-15-18-14-26-11-4-3-8-20(26)24-18/h3-14H,2,15H2,1H3,(H,25,27). The van der Waals surface area contributed by atoms with E-state index >= 15 is 0 Å². The lowest BCUT2D eigenvalue weighted by Crippen LogP contribution is -2.12. The fraction of sp³-hybridized carbons (Fsp3) is 0.136. The van der Waals surface area contributed by atoms with Gasteiger partial charge in [0.15, 0.2) is 0 Å². The Balaban J connectivity index is 1.41. The van der Waals surface area contributed by atoms with E-state index in [4.69, 9.17) is 4.74 Å². The van der Waals surface area contributed by atoms with Crippen molar-refractivity contribution in [1.82, 2.24) is 14.4 Å². The average molecular weight is 404 g/mol. The van der Waals surface area contributed by atoms with E-state index < -0.39 is 0 Å². The summed E-state index contributed by atoms with van der Waals surface area (Å²) in [5.41, 5.74) is 2.96. The first-order valence-electron chi connectivity index (χ1n) is 9.27. The number of anilines is 1. The number of ether oxygens (including phenoxy) is 1. The molecule has 146 valence electrons. The number of rotatable bonds is 7. The van der Waals surface area contributed by atoms with E-state index in [0.717, 1.165) is 22.1 Å². The fourth-order valence-electron chi connectivity index (χ4n) is 2.86. The number of hydrogen-bond donors (Lipinski definition) is 1. The highest BCUT2D eigenvalue weighted by Gasteiger charge is 2.09. The highest BCUT2D eigenvalue weighted by molar-refractivity contribution is 7.99. The monoisotopic (exact) mass is 404 g/mol. The molecule has 7 heteroatoms. The summed E-state index contributed by atoms with van der Waals surface area (Å²) in [6.45, 7) is 2.40. The minimum Gasteiger partial charge on any atom is -0.487 e. The topological polar surface area (TPSA) is 68.5 Å². The van der Waals surface area contributed by atoms with Crippen LogP contribution in [0.2, 0.25) is 0 Å². The van der Waals surface area contributed by atoms with Crippen LogP contribution in [0.1, 0.15) is 23.0 Å². The molecule has 0 saturated heterocycles. The molecule has 0 radical (unpaired) electrons. The maximum atomic E-state index is 12.6. The van der Waals surface area contributed by atoms with Crippen LogP contribution in [-0.2, 0) is 6.61 Å². The maximum Gasteiger partial charge on any atom is 0.255 e. The van der Waals surface area contributed by atoms with Crippen molar-refractivity contribution in [2.75, 3.05) is 11.1 Å². The van der Waals surface area contributed by atoms with Gasteiger partial charge in [-0.15, -0.1) is 11.8 Å². The molecule has 3 aromatic heterocycles. The van der Waals surface area contributed by atoms with Gasteiger partial charge in [0.25, 0.3) is 5.91 Å². The van der Waals surface area contributed by atoms with Crippen LogP contribution in [0, 0.1) is 0 Å². The van der Waals surface area contributed by atoms with Crippen LogP contribution < -0.4 is 10.1 Å². The molecule has 0 atom stereocenters. The van der Waals surface area contributed by atoms with Crippen molar-refractivity contribution in [3.8, 4) is 5.75 Å². The minimum atomic E-state index is -0.178. The molecule has 0 aliphatic heterocycles. The quantitative estimate of drug-likeness (QED) is 0.453. The van der Waals surface area contributed by atoms with Crippen molar-refractivity contribution < 1.29 is 9.53 Å². The van der Waals surface area contributed by atoms with Gasteiger partial charge in [-0.3, -0.25) is 4.79 Å². The Morgan fingerprint density at radius 1 is 1.17 bits per heavy atom. The zero-order chi connectivity index (χ0) is 20.1. The highest BCUT2D eigenvalue weighted by atomic mass is 32.2. The van der Waals surface area contributed by atoms with E-state index in [1.165, 1.54) is 0 Å². The average Bonchev–Trinajstić information content (AvgIpc) is 3.16. The number of amides is 1. The summed E-state index contributed by atoms with van der Waals surface area (Å²) in [5, 5.41) is 3.75. The molecule has 4 rings (SSSR count). The molecule has 0 spiro atoms. The minimum absolute atomic E-state index is 0.178. The molecule has 29 heavy (non-hydrogen) atoms. The third-order valence-electron chi connectivity index (χ3n) is 4.18. The zero-order valence-corrected chi connectivity index (χ0v) is 16.7. The number of carbonyl (C=O) groups excluding carboxylic acids is 1. The summed E-state index contributed by atoms with van der Waals surface area (Å²) in [7, 11) is 0. The first-order valence-corrected chi connectivity index (χ1v) is 10.3. The zero-order valence-electron chi connectivity index (χ0n) is 15.9. The summed E-state index contributed by atoms with van der Waals surface area (Å²) in [6.07, 6.45) is 5.54. The number of fused-ring (bicyclic) bond motifs is 1. The number of pyridine rings is 2. The van der Waals surface area contributed by atoms with Crippen molar-refractivity contribution in [3.05, 3.63) is 84.4 Å². The molecular formula is C22H20N4O2S. The second-order valence-corrected chi connectivity index (χ2v) is 7.57. The number of imidazole rings is 1. The molecule has 1 N–H and O–H groups in total. The molecule has 0 aliphatic carbocycles. The van der Waals surface area contributed by atoms with E-state index in [0.29, 0.717) is 23.6 Å². The third-order valence-corrected chi connectivity index (χ3v) is 4.99. The lowest BCUT2D eigenvalue weighted by molar-refractivity contribution is 0.102. The number of benzene rings is 1. The predicted octanol–water partition coefficient (Wildman–Crippen LogP) is 4.67. The van der Waals surface area contributed by atoms with Crippen LogP contribution >= 0.6 is 11.8 Å². The fourth-order valence-corrected chi connectivity index (χ4v) is 3.50. The number of carbonyl (C=O) groups is 1. The van der Waals surface area contributed by atoms with Crippen LogP contribution in [0.3, 0.4) is 0 Å². The van der Waals surface area contributed by atoms with Crippen molar-refractivity contribution in [2.45, 2.75) is 18.6 Å². The van der Waals surface area contributed by atoms with Crippen molar-refractivity contribution in [2.24, 2.45) is 0 Å². The Bertz CT molecular complexity index is 1110. The van der Waals surface area contributed by atoms with Gasteiger partial charge in [-0.2, -0.15) is 0 Å². The largest absolute Gasteiger partial charge is 0.487 e. The normalized spacial score (nSPS) is 10.8. The van der Waals surface area contributed by atoms with Crippen molar-refractivity contribution >= 4 is 29.0 Å². The number of hydrogen-bond acceptors (Lipinski definition) is 5. The second-order valence-electron chi connectivity index (χ2n) is 6.28. The Morgan fingerprint density at radius 3 is 2.97 bits per heavy atom. The molecule has 0 saturated carbocycles. The van der Waals surface area contributed by atoms with Gasteiger partial charge < -0.3 is 14.5 Å². The van der Waals surface area contributed by atoms with Crippen molar-refractivity contribution in [3.63, 3.8) is 0 Å². The smallest absolute Gasteiger partial charge is 0.255 e. The first kappa shape index (κ1) is 19.0. The SMILES string of the molecule is CCSc1cc(C(=O)Nc2cccc(OCc3cn4ccccc4n3)c2)ccn1. The Kier molecular flexibility index (Phi) is 5.76. The number of nitrogens with zero attached hydrogens (tertiary/aromatic N) is 3. The van der Waals surface area contributed by atoms with Crippen LogP contribution in [0.25, 0.3) is 5.65 Å². The van der Waals surface area contributed by atoms with Gasteiger partial charge in [0.2, 0.25) is 0 Å². The number of thioether (sulfide) groups is 1. The summed E-state index contributed by atoms with van der Waals surface area (Å²) in [6, 6.07) is 16.7. The Hall–Kier alpha value is -3.32. The molecule has 0 unspecified atom stereocenters. The van der Waals surface area contributed by atoms with E-state index in [9.17, 15) is 4.79 Å². The molecule has 1 aromatic carbocycles. The summed E-state index contributed by atoms with van der Waals surface area (Å²) in [4.78, 5) is 21.3. The molecule has 0 bridgehead atoms. The molecule has 6 nitrogen and oxygen atoms in total. The molecule has 0 fully saturated rings. The van der Waals surface area contributed by atoms with E-state index in [1.54, 1.807) is 36.2 Å². The lowest BCUT2D eigenvalue weighted by atomic mass is 10.2. The van der Waals surface area contributed by atoms with E-state index in [2.05, 4.69) is 22.2 Å². The summed E-state index contributed by atoms with van der Waals surface area (Å²) >= 11 is 1.60. The van der Waals surface area contributed by atoms with Crippen LogP contribution in [0.15, 0.2) is 78.2 Å². The summed E-state index contributed by atoms with van der Waals surface area (Å²) in [5.74, 6) is 1.39. The molecular weight excluding hydrogens is 384 g/mol. The van der Waals surface area contributed by atoms with Gasteiger partial charge in [0.05, 0.1) is 10.7 Å². The first-order chi connectivity index (χ1) is 14.2. The summed E-state index contributed by atoms with van der Waals surface area (Å²) < 4.78 is 7.81. The number of nitrogens with one attached hydrogen (secondary N) is 1. The van der Waals surface area contributed by atoms with Gasteiger partial charge in [0, 0.05) is 35.9 Å². The van der Waals surface area contributed by atoms with Gasteiger partial charge in [-0.05, 0) is 42.2 Å². The van der Waals surface area contributed by atoms with Crippen molar-refractivity contribution in [1.29, 1.82) is 0 Å². The van der Waals surface area contributed by atoms with Crippen LogP contribution in [0.5, 0.6) is 5.75 Å². The van der Waals surface area contributed by atoms with E-state index in [1.807, 2.05) is 53.2 Å². The Labute approximate surface area is 173 Å². The third kappa shape index (κ3) is 4.75. The maximum absolute atomic E-state index is 12.6. The van der Waals surface area contributed by atoms with Gasteiger partial charge in [0.1, 0.15) is 18.0 Å². The second kappa shape index (κ2) is 8.79. The predicted molar refractivity (Wildman–Crippen MR) is 115 cm³/mol. The lowest BCUT2D eigenvalue weighted by Gasteiger charge is -2.09. The van der Waals surface area contributed by atoms with Gasteiger partial charge >= 0.3 is 0 Å². The van der Waals surface area contributed by atoms with Crippen LogP contribution in [-0.4, -0.2) is 26.0 Å². The molecule has 4 aromatic rings. The Morgan fingerprint density at radius 2 is 2.10 bits per heavy atom. The highest BCUT2D eigenvalue weighted by Crippen LogP contribution is 2.20.